The van der Waals surface area contributed by atoms with Crippen LogP contribution in [0, 0.1) is 0 Å². The van der Waals surface area contributed by atoms with Gasteiger partial charge in [0.05, 0.1) is 7.11 Å². The van der Waals surface area contributed by atoms with Gasteiger partial charge in [-0.05, 0) is 51.9 Å². The zero-order chi connectivity index (χ0) is 14.4. The fourth-order valence-electron chi connectivity index (χ4n) is 3.11. The fraction of sp³-hybridized carbons (Fsp3) is 0.647. The van der Waals surface area contributed by atoms with Crippen LogP contribution in [0.2, 0.25) is 0 Å². The molecule has 0 amide bonds. The molecule has 0 aliphatic carbocycles. The Balaban J connectivity index is 1.95. The van der Waals surface area contributed by atoms with Gasteiger partial charge in [0.15, 0.2) is 0 Å². The van der Waals surface area contributed by atoms with Crippen LogP contribution < -0.4 is 10.1 Å². The number of hydrogen-bond acceptors (Lipinski definition) is 3. The highest BCUT2D eigenvalue weighted by molar-refractivity contribution is 5.35. The van der Waals surface area contributed by atoms with Crippen molar-refractivity contribution in [3.63, 3.8) is 0 Å². The van der Waals surface area contributed by atoms with Crippen molar-refractivity contribution < 1.29 is 4.74 Å². The van der Waals surface area contributed by atoms with Crippen LogP contribution in [0.5, 0.6) is 5.75 Å². The topological polar surface area (TPSA) is 24.5 Å². The second-order valence-corrected chi connectivity index (χ2v) is 5.69. The molecule has 1 unspecified atom stereocenters. The van der Waals surface area contributed by atoms with Gasteiger partial charge in [0.1, 0.15) is 5.75 Å². The van der Waals surface area contributed by atoms with Crippen molar-refractivity contribution in [1.82, 2.24) is 10.2 Å². The molecule has 2 rings (SSSR count). The Bertz CT molecular complexity index is 408. The van der Waals surface area contributed by atoms with Gasteiger partial charge in [0.25, 0.3) is 0 Å². The van der Waals surface area contributed by atoms with Crippen LogP contribution in [0.25, 0.3) is 0 Å². The number of nitrogens with one attached hydrogen (secondary N) is 1. The Labute approximate surface area is 123 Å². The SMILES string of the molecule is CCN1CCCC(N[C@@H](C)c2ccccc2OC)CC1. The van der Waals surface area contributed by atoms with E-state index in [2.05, 4.69) is 36.2 Å². The number of benzene rings is 1. The lowest BCUT2D eigenvalue weighted by Gasteiger charge is -2.24. The Morgan fingerprint density at radius 3 is 2.85 bits per heavy atom. The molecule has 1 fully saturated rings. The maximum Gasteiger partial charge on any atom is 0.123 e. The number of ether oxygens (including phenoxy) is 1. The van der Waals surface area contributed by atoms with Gasteiger partial charge in [-0.1, -0.05) is 25.1 Å². The molecule has 1 aliphatic rings. The molecule has 2 atom stereocenters. The van der Waals surface area contributed by atoms with E-state index in [0.29, 0.717) is 12.1 Å². The van der Waals surface area contributed by atoms with E-state index in [1.807, 2.05) is 12.1 Å². The molecule has 0 aromatic heterocycles. The summed E-state index contributed by atoms with van der Waals surface area (Å²) in [5, 5.41) is 3.79. The maximum absolute atomic E-state index is 5.47. The van der Waals surface area contributed by atoms with Crippen molar-refractivity contribution in [1.29, 1.82) is 0 Å². The van der Waals surface area contributed by atoms with Crippen LogP contribution in [0.4, 0.5) is 0 Å². The quantitative estimate of drug-likeness (QED) is 0.893. The lowest BCUT2D eigenvalue weighted by atomic mass is 10.0. The molecule has 0 radical (unpaired) electrons. The largest absolute Gasteiger partial charge is 0.496 e. The van der Waals surface area contributed by atoms with Crippen molar-refractivity contribution in [2.45, 2.75) is 45.2 Å². The van der Waals surface area contributed by atoms with Gasteiger partial charge in [-0.3, -0.25) is 0 Å². The average Bonchev–Trinajstić information content (AvgIpc) is 2.72. The van der Waals surface area contributed by atoms with Gasteiger partial charge in [-0.25, -0.2) is 0 Å². The van der Waals surface area contributed by atoms with E-state index < -0.39 is 0 Å². The van der Waals surface area contributed by atoms with Crippen LogP contribution in [-0.2, 0) is 0 Å². The minimum Gasteiger partial charge on any atom is -0.496 e. The van der Waals surface area contributed by atoms with Crippen LogP contribution in [0.3, 0.4) is 0 Å². The molecule has 112 valence electrons. The van der Waals surface area contributed by atoms with Gasteiger partial charge in [-0.15, -0.1) is 0 Å². The van der Waals surface area contributed by atoms with Gasteiger partial charge in [0.2, 0.25) is 0 Å². The third-order valence-electron chi connectivity index (χ3n) is 4.36. The Kier molecular flexibility index (Phi) is 5.86. The van der Waals surface area contributed by atoms with Crippen molar-refractivity contribution in [2.24, 2.45) is 0 Å². The van der Waals surface area contributed by atoms with Crippen molar-refractivity contribution in [3.05, 3.63) is 29.8 Å². The molecule has 1 aromatic rings. The number of likely N-dealkylation sites (tertiary alicyclic amines) is 1. The molecule has 20 heavy (non-hydrogen) atoms. The Hall–Kier alpha value is -1.06. The highest BCUT2D eigenvalue weighted by Gasteiger charge is 2.19. The molecule has 1 aromatic carbocycles. The summed E-state index contributed by atoms with van der Waals surface area (Å²) in [6.07, 6.45) is 3.81. The number of nitrogens with zero attached hydrogens (tertiary/aromatic N) is 1. The summed E-state index contributed by atoms with van der Waals surface area (Å²) in [5.74, 6) is 0.983. The molecule has 3 nitrogen and oxygen atoms in total. The zero-order valence-electron chi connectivity index (χ0n) is 13.1. The second-order valence-electron chi connectivity index (χ2n) is 5.69. The predicted molar refractivity (Wildman–Crippen MR) is 84.3 cm³/mol. The smallest absolute Gasteiger partial charge is 0.123 e. The molecule has 3 heteroatoms. The average molecular weight is 276 g/mol. The minimum atomic E-state index is 0.337. The maximum atomic E-state index is 5.47. The Morgan fingerprint density at radius 1 is 1.30 bits per heavy atom. The molecular weight excluding hydrogens is 248 g/mol. The van der Waals surface area contributed by atoms with Crippen molar-refractivity contribution >= 4 is 0 Å². The van der Waals surface area contributed by atoms with Gasteiger partial charge < -0.3 is 15.0 Å². The van der Waals surface area contributed by atoms with Gasteiger partial charge >= 0.3 is 0 Å². The monoisotopic (exact) mass is 276 g/mol. The highest BCUT2D eigenvalue weighted by Crippen LogP contribution is 2.25. The van der Waals surface area contributed by atoms with Crippen molar-refractivity contribution in [2.75, 3.05) is 26.7 Å². The van der Waals surface area contributed by atoms with Crippen LogP contribution in [0.15, 0.2) is 24.3 Å². The Morgan fingerprint density at radius 2 is 2.10 bits per heavy atom. The third kappa shape index (κ3) is 3.97. The summed E-state index contributed by atoms with van der Waals surface area (Å²) in [7, 11) is 1.75. The summed E-state index contributed by atoms with van der Waals surface area (Å²) >= 11 is 0. The first kappa shape index (κ1) is 15.3. The molecule has 1 N–H and O–H groups in total. The lowest BCUT2D eigenvalue weighted by molar-refractivity contribution is 0.295. The first-order chi connectivity index (χ1) is 9.74. The number of para-hydroxylation sites is 1. The summed E-state index contributed by atoms with van der Waals surface area (Å²) in [5.41, 5.74) is 1.26. The van der Waals surface area contributed by atoms with E-state index in [4.69, 9.17) is 4.74 Å². The van der Waals surface area contributed by atoms with Crippen LogP contribution in [-0.4, -0.2) is 37.7 Å². The van der Waals surface area contributed by atoms with E-state index in [0.717, 1.165) is 5.75 Å². The van der Waals surface area contributed by atoms with Gasteiger partial charge in [0, 0.05) is 17.6 Å². The lowest BCUT2D eigenvalue weighted by Crippen LogP contribution is -2.33. The molecule has 0 saturated carbocycles. The molecular formula is C17H28N2O. The highest BCUT2D eigenvalue weighted by atomic mass is 16.5. The van der Waals surface area contributed by atoms with E-state index in [-0.39, 0.29) is 0 Å². The number of rotatable bonds is 5. The summed E-state index contributed by atoms with van der Waals surface area (Å²) in [6.45, 7) is 8.13. The van der Waals surface area contributed by atoms with Gasteiger partial charge in [-0.2, -0.15) is 0 Å². The molecule has 1 aliphatic heterocycles. The molecule has 1 saturated heterocycles. The predicted octanol–water partition coefficient (Wildman–Crippen LogP) is 3.22. The standard InChI is InChI=1S/C17H28N2O/c1-4-19-12-7-8-15(11-13-19)18-14(2)16-9-5-6-10-17(16)20-3/h5-6,9-10,14-15,18H,4,7-8,11-13H2,1-3H3/t14-,15?/m0/s1. The summed E-state index contributed by atoms with van der Waals surface area (Å²) < 4.78 is 5.47. The van der Waals surface area contributed by atoms with E-state index in [1.165, 1.54) is 44.5 Å². The number of hydrogen-bond donors (Lipinski definition) is 1. The summed E-state index contributed by atoms with van der Waals surface area (Å²) in [6, 6.07) is 9.27. The second kappa shape index (κ2) is 7.65. The molecule has 0 bridgehead atoms. The first-order valence-electron chi connectivity index (χ1n) is 7.86. The molecule has 1 heterocycles. The van der Waals surface area contributed by atoms with E-state index >= 15 is 0 Å². The van der Waals surface area contributed by atoms with Crippen LogP contribution in [0.1, 0.15) is 44.7 Å². The molecule has 0 spiro atoms. The van der Waals surface area contributed by atoms with Crippen LogP contribution >= 0.6 is 0 Å². The first-order valence-corrected chi connectivity index (χ1v) is 7.86. The third-order valence-corrected chi connectivity index (χ3v) is 4.36. The minimum absolute atomic E-state index is 0.337. The zero-order valence-corrected chi connectivity index (χ0v) is 13.1. The van der Waals surface area contributed by atoms with E-state index in [1.54, 1.807) is 7.11 Å². The normalized spacial score (nSPS) is 22.2. The number of methoxy groups -OCH3 is 1. The van der Waals surface area contributed by atoms with E-state index in [9.17, 15) is 0 Å². The fourth-order valence-corrected chi connectivity index (χ4v) is 3.11. The van der Waals surface area contributed by atoms with Crippen molar-refractivity contribution in [3.8, 4) is 5.75 Å². The summed E-state index contributed by atoms with van der Waals surface area (Å²) in [4.78, 5) is 2.55.